The fourth-order valence-electron chi connectivity index (χ4n) is 1.66. The first-order chi connectivity index (χ1) is 5.18. The number of carbonyl (C=O) groups is 1. The van der Waals surface area contributed by atoms with Gasteiger partial charge in [-0.2, -0.15) is 0 Å². The fourth-order valence-corrected chi connectivity index (χ4v) is 2.06. The van der Waals surface area contributed by atoms with Crippen molar-refractivity contribution in [2.75, 3.05) is 0 Å². The average Bonchev–Trinajstić information content (AvgIpc) is 1.85. The van der Waals surface area contributed by atoms with E-state index in [0.29, 0.717) is 12.3 Å². The Morgan fingerprint density at radius 3 is 2.82 bits per heavy atom. The Balaban J connectivity index is 2.28. The predicted molar refractivity (Wildman–Crippen MR) is 43.9 cm³/mol. The zero-order valence-corrected chi connectivity index (χ0v) is 7.18. The van der Waals surface area contributed by atoms with Gasteiger partial charge in [0.25, 0.3) is 0 Å². The largest absolute Gasteiger partial charge is 0.481 e. The van der Waals surface area contributed by atoms with E-state index in [1.807, 2.05) is 0 Å². The summed E-state index contributed by atoms with van der Waals surface area (Å²) >= 11 is 5.90. The van der Waals surface area contributed by atoms with E-state index in [2.05, 4.69) is 0 Å². The molecule has 0 heterocycles. The lowest BCUT2D eigenvalue weighted by Crippen LogP contribution is -2.18. The molecule has 1 fully saturated rings. The van der Waals surface area contributed by atoms with Crippen LogP contribution in [0, 0.1) is 5.92 Å². The van der Waals surface area contributed by atoms with Crippen molar-refractivity contribution in [3.05, 3.63) is 0 Å². The number of halogens is 1. The van der Waals surface area contributed by atoms with Gasteiger partial charge in [-0.05, 0) is 25.2 Å². The monoisotopic (exact) mass is 176 g/mol. The van der Waals surface area contributed by atoms with Crippen molar-refractivity contribution in [3.8, 4) is 0 Å². The highest BCUT2D eigenvalue weighted by molar-refractivity contribution is 6.20. The SMILES string of the molecule is O=C(O)CC1CCCC(Cl)C1. The number of hydrogen-bond donors (Lipinski definition) is 1. The molecule has 2 nitrogen and oxygen atoms in total. The molecular formula is C8H13ClO2. The Morgan fingerprint density at radius 1 is 1.55 bits per heavy atom. The number of hydrogen-bond acceptors (Lipinski definition) is 1. The molecule has 0 amide bonds. The van der Waals surface area contributed by atoms with Crippen LogP contribution in [-0.2, 0) is 4.79 Å². The Bertz CT molecular complexity index is 147. The summed E-state index contributed by atoms with van der Waals surface area (Å²) in [6.45, 7) is 0. The van der Waals surface area contributed by atoms with Gasteiger partial charge in [0.05, 0.1) is 0 Å². The lowest BCUT2D eigenvalue weighted by Gasteiger charge is -2.23. The van der Waals surface area contributed by atoms with E-state index < -0.39 is 5.97 Å². The molecule has 0 aromatic rings. The zero-order valence-electron chi connectivity index (χ0n) is 6.42. The predicted octanol–water partition coefficient (Wildman–Crippen LogP) is 2.26. The van der Waals surface area contributed by atoms with Crippen molar-refractivity contribution in [1.82, 2.24) is 0 Å². The quantitative estimate of drug-likeness (QED) is 0.656. The zero-order chi connectivity index (χ0) is 8.27. The first-order valence-electron chi connectivity index (χ1n) is 4.04. The third-order valence-electron chi connectivity index (χ3n) is 2.18. The van der Waals surface area contributed by atoms with Crippen molar-refractivity contribution in [2.45, 2.75) is 37.5 Å². The molecule has 0 aliphatic heterocycles. The highest BCUT2D eigenvalue weighted by atomic mass is 35.5. The molecule has 1 saturated carbocycles. The molecule has 0 radical (unpaired) electrons. The summed E-state index contributed by atoms with van der Waals surface area (Å²) in [5.41, 5.74) is 0. The highest BCUT2D eigenvalue weighted by Crippen LogP contribution is 2.29. The van der Waals surface area contributed by atoms with Crippen LogP contribution in [0.25, 0.3) is 0 Å². The van der Waals surface area contributed by atoms with Crippen LogP contribution in [-0.4, -0.2) is 16.5 Å². The van der Waals surface area contributed by atoms with E-state index in [0.717, 1.165) is 25.7 Å². The van der Waals surface area contributed by atoms with Crippen LogP contribution in [0.5, 0.6) is 0 Å². The van der Waals surface area contributed by atoms with Gasteiger partial charge in [0, 0.05) is 11.8 Å². The maximum atomic E-state index is 10.3. The van der Waals surface area contributed by atoms with Gasteiger partial charge in [0.2, 0.25) is 0 Å². The van der Waals surface area contributed by atoms with Crippen molar-refractivity contribution in [1.29, 1.82) is 0 Å². The summed E-state index contributed by atoms with van der Waals surface area (Å²) in [4.78, 5) is 10.3. The molecule has 1 rings (SSSR count). The van der Waals surface area contributed by atoms with Gasteiger partial charge in [-0.25, -0.2) is 0 Å². The molecule has 0 spiro atoms. The van der Waals surface area contributed by atoms with Gasteiger partial charge in [0.1, 0.15) is 0 Å². The van der Waals surface area contributed by atoms with Gasteiger partial charge >= 0.3 is 5.97 Å². The highest BCUT2D eigenvalue weighted by Gasteiger charge is 2.21. The van der Waals surface area contributed by atoms with E-state index in [1.54, 1.807) is 0 Å². The Morgan fingerprint density at radius 2 is 2.27 bits per heavy atom. The molecule has 0 bridgehead atoms. The Kier molecular flexibility index (Phi) is 3.18. The molecule has 11 heavy (non-hydrogen) atoms. The number of carboxylic acid groups (broad SMARTS) is 1. The molecule has 0 aromatic carbocycles. The van der Waals surface area contributed by atoms with E-state index in [-0.39, 0.29) is 5.38 Å². The summed E-state index contributed by atoms with van der Waals surface area (Å²) in [7, 11) is 0. The molecule has 0 aromatic heterocycles. The maximum Gasteiger partial charge on any atom is 0.303 e. The second-order valence-electron chi connectivity index (χ2n) is 3.23. The lowest BCUT2D eigenvalue weighted by molar-refractivity contribution is -0.138. The minimum Gasteiger partial charge on any atom is -0.481 e. The van der Waals surface area contributed by atoms with Crippen LogP contribution in [0.2, 0.25) is 0 Å². The molecule has 2 atom stereocenters. The first-order valence-corrected chi connectivity index (χ1v) is 4.48. The average molecular weight is 177 g/mol. The minimum absolute atomic E-state index is 0.216. The van der Waals surface area contributed by atoms with Gasteiger partial charge in [0.15, 0.2) is 0 Å². The van der Waals surface area contributed by atoms with Crippen molar-refractivity contribution < 1.29 is 9.90 Å². The molecule has 0 saturated heterocycles. The van der Waals surface area contributed by atoms with Crippen molar-refractivity contribution in [3.63, 3.8) is 0 Å². The molecule has 3 heteroatoms. The Labute approximate surface area is 71.5 Å². The van der Waals surface area contributed by atoms with Crippen LogP contribution in [0.3, 0.4) is 0 Å². The molecule has 1 aliphatic rings. The van der Waals surface area contributed by atoms with Crippen molar-refractivity contribution >= 4 is 17.6 Å². The summed E-state index contributed by atoms with van der Waals surface area (Å²) in [6.07, 6.45) is 4.36. The normalized spacial score (nSPS) is 31.7. The third kappa shape index (κ3) is 3.10. The maximum absolute atomic E-state index is 10.3. The van der Waals surface area contributed by atoms with E-state index >= 15 is 0 Å². The second kappa shape index (κ2) is 3.96. The van der Waals surface area contributed by atoms with Gasteiger partial charge in [-0.3, -0.25) is 4.79 Å². The van der Waals surface area contributed by atoms with Crippen LogP contribution in [0.4, 0.5) is 0 Å². The molecule has 2 unspecified atom stereocenters. The first kappa shape index (κ1) is 8.85. The van der Waals surface area contributed by atoms with E-state index in [9.17, 15) is 4.79 Å². The standard InChI is InChI=1S/C8H13ClO2/c9-7-3-1-2-6(4-7)5-8(10)11/h6-7H,1-5H2,(H,10,11). The lowest BCUT2D eigenvalue weighted by atomic mass is 9.87. The summed E-state index contributed by atoms with van der Waals surface area (Å²) < 4.78 is 0. The molecular weight excluding hydrogens is 164 g/mol. The minimum atomic E-state index is -0.694. The summed E-state index contributed by atoms with van der Waals surface area (Å²) in [6, 6.07) is 0. The number of rotatable bonds is 2. The fraction of sp³-hybridized carbons (Fsp3) is 0.875. The van der Waals surface area contributed by atoms with Crippen LogP contribution >= 0.6 is 11.6 Å². The van der Waals surface area contributed by atoms with Crippen molar-refractivity contribution in [2.24, 2.45) is 5.92 Å². The second-order valence-corrected chi connectivity index (χ2v) is 3.84. The topological polar surface area (TPSA) is 37.3 Å². The Hall–Kier alpha value is -0.240. The molecule has 64 valence electrons. The smallest absolute Gasteiger partial charge is 0.303 e. The summed E-state index contributed by atoms with van der Waals surface area (Å²) in [5.74, 6) is -0.371. The van der Waals surface area contributed by atoms with Gasteiger partial charge in [-0.1, -0.05) is 6.42 Å². The van der Waals surface area contributed by atoms with Crippen LogP contribution in [0.15, 0.2) is 0 Å². The third-order valence-corrected chi connectivity index (χ3v) is 2.58. The van der Waals surface area contributed by atoms with E-state index in [1.165, 1.54) is 0 Å². The van der Waals surface area contributed by atoms with Gasteiger partial charge < -0.3 is 5.11 Å². The molecule has 1 N–H and O–H groups in total. The van der Waals surface area contributed by atoms with Crippen LogP contribution < -0.4 is 0 Å². The van der Waals surface area contributed by atoms with Crippen LogP contribution in [0.1, 0.15) is 32.1 Å². The number of carboxylic acids is 1. The number of alkyl halides is 1. The molecule has 1 aliphatic carbocycles. The number of aliphatic carboxylic acids is 1. The van der Waals surface area contributed by atoms with E-state index in [4.69, 9.17) is 16.7 Å². The summed E-state index contributed by atoms with van der Waals surface area (Å²) in [5, 5.41) is 8.72. The van der Waals surface area contributed by atoms with Gasteiger partial charge in [-0.15, -0.1) is 11.6 Å².